The Morgan fingerprint density at radius 2 is 1.69 bits per heavy atom. The fourth-order valence-corrected chi connectivity index (χ4v) is 5.42. The van der Waals surface area contributed by atoms with Crippen molar-refractivity contribution in [2.75, 3.05) is 38.3 Å². The van der Waals surface area contributed by atoms with Gasteiger partial charge in [-0.3, -0.25) is 14.5 Å². The van der Waals surface area contributed by atoms with Gasteiger partial charge in [0.25, 0.3) is 5.91 Å². The van der Waals surface area contributed by atoms with Crippen LogP contribution in [-0.2, 0) is 29.1 Å². The highest BCUT2D eigenvalue weighted by atomic mass is 32.2. The van der Waals surface area contributed by atoms with E-state index in [2.05, 4.69) is 4.74 Å². The molecule has 0 bridgehead atoms. The molecule has 3 rings (SSSR count). The molecule has 1 aliphatic heterocycles. The zero-order chi connectivity index (χ0) is 25.4. The van der Waals surface area contributed by atoms with Crippen molar-refractivity contribution in [3.8, 4) is 6.07 Å². The Balaban J connectivity index is 1.59. The Morgan fingerprint density at radius 1 is 1.06 bits per heavy atom. The Kier molecular flexibility index (Phi) is 8.57. The first kappa shape index (κ1) is 25.9. The van der Waals surface area contributed by atoms with Gasteiger partial charge in [0.15, 0.2) is 6.61 Å². The molecule has 0 N–H and O–H groups in total. The number of carbonyl (C=O) groups excluding carboxylic acids is 3. The molecule has 184 valence electrons. The molecular weight excluding hydrogens is 474 g/mol. The van der Waals surface area contributed by atoms with Crippen LogP contribution in [0.4, 0.5) is 5.69 Å². The standard InChI is InChI=1S/C24H25N3O7S/c1-33-24(30)20-9-5-6-10-21(20)35(31,32)26-14-11-18(12-15-26)23(29)34-17-22(28)27(16-13-25)19-7-3-2-4-8-19/h2-10,18H,11-12,14-17H2,1H3. The highest BCUT2D eigenvalue weighted by Crippen LogP contribution is 2.27. The van der Waals surface area contributed by atoms with E-state index in [4.69, 9.17) is 10.00 Å². The fraction of sp³-hybridized carbons (Fsp3) is 0.333. The molecule has 10 nitrogen and oxygen atoms in total. The molecule has 11 heteroatoms. The number of amides is 1. The molecule has 35 heavy (non-hydrogen) atoms. The summed E-state index contributed by atoms with van der Waals surface area (Å²) in [4.78, 5) is 38.2. The number of anilines is 1. The number of methoxy groups -OCH3 is 1. The Bertz CT molecular complexity index is 1220. The van der Waals surface area contributed by atoms with Crippen LogP contribution in [0.2, 0.25) is 0 Å². The number of nitrogens with zero attached hydrogens (tertiary/aromatic N) is 3. The number of piperidine rings is 1. The van der Waals surface area contributed by atoms with Gasteiger partial charge in [0.1, 0.15) is 6.54 Å². The number of benzene rings is 2. The first-order valence-electron chi connectivity index (χ1n) is 10.9. The van der Waals surface area contributed by atoms with Crippen molar-refractivity contribution in [1.82, 2.24) is 4.31 Å². The van der Waals surface area contributed by atoms with Gasteiger partial charge in [-0.25, -0.2) is 13.2 Å². The zero-order valence-corrected chi connectivity index (χ0v) is 19.9. The topological polar surface area (TPSA) is 134 Å². The van der Waals surface area contributed by atoms with Crippen LogP contribution in [0.1, 0.15) is 23.2 Å². The number of carbonyl (C=O) groups is 3. The molecule has 1 fully saturated rings. The number of ether oxygens (including phenoxy) is 2. The van der Waals surface area contributed by atoms with E-state index in [0.717, 1.165) is 0 Å². The second kappa shape index (κ2) is 11.6. The second-order valence-corrected chi connectivity index (χ2v) is 9.65. The van der Waals surface area contributed by atoms with E-state index in [9.17, 15) is 22.8 Å². The van der Waals surface area contributed by atoms with E-state index in [1.807, 2.05) is 6.07 Å². The molecular formula is C24H25N3O7S. The predicted octanol–water partition coefficient (Wildman–Crippen LogP) is 1.97. The van der Waals surface area contributed by atoms with Crippen LogP contribution in [0.3, 0.4) is 0 Å². The number of rotatable bonds is 8. The van der Waals surface area contributed by atoms with E-state index in [0.29, 0.717) is 5.69 Å². The molecule has 2 aromatic carbocycles. The van der Waals surface area contributed by atoms with Crippen LogP contribution < -0.4 is 4.90 Å². The zero-order valence-electron chi connectivity index (χ0n) is 19.1. The van der Waals surface area contributed by atoms with Crippen LogP contribution in [-0.4, -0.2) is 63.9 Å². The molecule has 0 aliphatic carbocycles. The lowest BCUT2D eigenvalue weighted by atomic mass is 9.98. The van der Waals surface area contributed by atoms with E-state index >= 15 is 0 Å². The quantitative estimate of drug-likeness (QED) is 0.398. The van der Waals surface area contributed by atoms with Crippen LogP contribution in [0.25, 0.3) is 0 Å². The second-order valence-electron chi connectivity index (χ2n) is 7.75. The average Bonchev–Trinajstić information content (AvgIpc) is 2.90. The first-order chi connectivity index (χ1) is 16.8. The molecule has 0 atom stereocenters. The minimum Gasteiger partial charge on any atom is -0.465 e. The van der Waals surface area contributed by atoms with Crippen molar-refractivity contribution in [3.05, 3.63) is 60.2 Å². The summed E-state index contributed by atoms with van der Waals surface area (Å²) in [6.45, 7) is -0.615. The molecule has 1 amide bonds. The average molecular weight is 500 g/mol. The monoisotopic (exact) mass is 499 g/mol. The van der Waals surface area contributed by atoms with E-state index in [1.165, 1.54) is 34.5 Å². The summed E-state index contributed by atoms with van der Waals surface area (Å²) < 4.78 is 37.3. The van der Waals surface area contributed by atoms with E-state index in [-0.39, 0.29) is 42.9 Å². The van der Waals surface area contributed by atoms with Crippen molar-refractivity contribution in [1.29, 1.82) is 5.26 Å². The Labute approximate surface area is 203 Å². The van der Waals surface area contributed by atoms with Crippen molar-refractivity contribution < 1.29 is 32.3 Å². The summed E-state index contributed by atoms with van der Waals surface area (Å²) in [6, 6.07) is 16.3. The van der Waals surface area contributed by atoms with E-state index in [1.54, 1.807) is 36.4 Å². The molecule has 0 aromatic heterocycles. The van der Waals surface area contributed by atoms with Crippen molar-refractivity contribution >= 4 is 33.6 Å². The minimum absolute atomic E-state index is 0.0517. The molecule has 1 aliphatic rings. The van der Waals surface area contributed by atoms with Crippen LogP contribution in [0, 0.1) is 17.2 Å². The Morgan fingerprint density at radius 3 is 2.31 bits per heavy atom. The highest BCUT2D eigenvalue weighted by molar-refractivity contribution is 7.89. The molecule has 0 unspecified atom stereocenters. The molecule has 0 spiro atoms. The number of sulfonamides is 1. The van der Waals surface area contributed by atoms with Gasteiger partial charge in [-0.15, -0.1) is 0 Å². The van der Waals surface area contributed by atoms with Crippen LogP contribution in [0.5, 0.6) is 0 Å². The largest absolute Gasteiger partial charge is 0.465 e. The highest BCUT2D eigenvalue weighted by Gasteiger charge is 2.35. The number of hydrogen-bond acceptors (Lipinski definition) is 8. The summed E-state index contributed by atoms with van der Waals surface area (Å²) >= 11 is 0. The van der Waals surface area contributed by atoms with Gasteiger partial charge in [-0.05, 0) is 37.1 Å². The Hall–Kier alpha value is -3.75. The summed E-state index contributed by atoms with van der Waals surface area (Å²) in [5, 5.41) is 9.03. The van der Waals surface area contributed by atoms with Gasteiger partial charge in [-0.1, -0.05) is 30.3 Å². The summed E-state index contributed by atoms with van der Waals surface area (Å²) in [6.07, 6.45) is 0.403. The third kappa shape index (κ3) is 6.03. The van der Waals surface area contributed by atoms with Gasteiger partial charge in [-0.2, -0.15) is 9.57 Å². The van der Waals surface area contributed by atoms with Crippen molar-refractivity contribution in [2.24, 2.45) is 5.92 Å². The van der Waals surface area contributed by atoms with E-state index < -0.39 is 40.4 Å². The van der Waals surface area contributed by atoms with Gasteiger partial charge < -0.3 is 9.47 Å². The van der Waals surface area contributed by atoms with Crippen molar-refractivity contribution in [3.63, 3.8) is 0 Å². The third-order valence-corrected chi connectivity index (χ3v) is 7.59. The van der Waals surface area contributed by atoms with Gasteiger partial charge in [0.05, 0.1) is 29.6 Å². The summed E-state index contributed by atoms with van der Waals surface area (Å²) in [5.74, 6) is -2.47. The molecule has 0 saturated carbocycles. The maximum atomic E-state index is 13.1. The van der Waals surface area contributed by atoms with Gasteiger partial charge in [0.2, 0.25) is 10.0 Å². The maximum Gasteiger partial charge on any atom is 0.339 e. The minimum atomic E-state index is -3.98. The number of nitriles is 1. The molecule has 1 heterocycles. The number of hydrogen-bond donors (Lipinski definition) is 0. The van der Waals surface area contributed by atoms with Crippen LogP contribution >= 0.6 is 0 Å². The van der Waals surface area contributed by atoms with Crippen molar-refractivity contribution in [2.45, 2.75) is 17.7 Å². The normalized spacial score (nSPS) is 14.5. The summed E-state index contributed by atoms with van der Waals surface area (Å²) in [5.41, 5.74) is 0.455. The lowest BCUT2D eigenvalue weighted by Crippen LogP contribution is -2.41. The van der Waals surface area contributed by atoms with Gasteiger partial charge >= 0.3 is 11.9 Å². The summed E-state index contributed by atoms with van der Waals surface area (Å²) in [7, 11) is -2.81. The maximum absolute atomic E-state index is 13.1. The third-order valence-electron chi connectivity index (χ3n) is 5.63. The van der Waals surface area contributed by atoms with Gasteiger partial charge in [0, 0.05) is 18.8 Å². The lowest BCUT2D eigenvalue weighted by molar-refractivity contribution is -0.153. The molecule has 0 radical (unpaired) electrons. The van der Waals surface area contributed by atoms with Crippen LogP contribution in [0.15, 0.2) is 59.5 Å². The smallest absolute Gasteiger partial charge is 0.339 e. The predicted molar refractivity (Wildman–Crippen MR) is 125 cm³/mol. The molecule has 1 saturated heterocycles. The molecule has 2 aromatic rings. The number of esters is 2. The fourth-order valence-electron chi connectivity index (χ4n) is 3.77. The first-order valence-corrected chi connectivity index (χ1v) is 12.3. The SMILES string of the molecule is COC(=O)c1ccccc1S(=O)(=O)N1CCC(C(=O)OCC(=O)N(CC#N)c2ccccc2)CC1. The lowest BCUT2D eigenvalue weighted by Gasteiger charge is -2.30. The number of para-hydroxylation sites is 1.